The molecule has 1 heterocycles. The number of aliphatic hydroxyl groups is 1. The maximum atomic E-state index is 12.0. The molecule has 2 rings (SSSR count). The van der Waals surface area contributed by atoms with E-state index in [1.165, 1.54) is 11.3 Å². The zero-order valence-electron chi connectivity index (χ0n) is 11.3. The molecule has 1 aliphatic rings. The topological polar surface area (TPSA) is 49.3 Å². The van der Waals surface area contributed by atoms with Crippen molar-refractivity contribution < 1.29 is 9.90 Å². The Balaban J connectivity index is 1.89. The van der Waals surface area contributed by atoms with Gasteiger partial charge in [0.1, 0.15) is 4.88 Å². The van der Waals surface area contributed by atoms with Crippen LogP contribution in [0.5, 0.6) is 0 Å². The normalized spacial score (nSPS) is 21.1. The van der Waals surface area contributed by atoms with E-state index in [9.17, 15) is 9.90 Å². The number of halogens is 1. The molecular weight excluding hydrogens is 326 g/mol. The summed E-state index contributed by atoms with van der Waals surface area (Å²) in [6, 6.07) is 1.86. The minimum Gasteiger partial charge on any atom is -0.388 e. The monoisotopic (exact) mass is 345 g/mol. The molecule has 0 atom stereocenters. The molecule has 1 aromatic heterocycles. The summed E-state index contributed by atoms with van der Waals surface area (Å²) in [7, 11) is 0. The van der Waals surface area contributed by atoms with Gasteiger partial charge in [-0.05, 0) is 58.5 Å². The molecule has 1 aliphatic carbocycles. The quantitative estimate of drug-likeness (QED) is 0.879. The van der Waals surface area contributed by atoms with Crippen molar-refractivity contribution in [3.05, 3.63) is 20.8 Å². The number of carbonyl (C=O) groups is 1. The van der Waals surface area contributed by atoms with Crippen LogP contribution >= 0.6 is 27.3 Å². The molecule has 0 saturated heterocycles. The third-order valence-electron chi connectivity index (χ3n) is 3.94. The summed E-state index contributed by atoms with van der Waals surface area (Å²) in [4.78, 5) is 12.7. The van der Waals surface area contributed by atoms with E-state index < -0.39 is 5.60 Å². The molecule has 0 spiro atoms. The Hall–Kier alpha value is -0.390. The van der Waals surface area contributed by atoms with Gasteiger partial charge < -0.3 is 10.4 Å². The second-order valence-corrected chi connectivity index (χ2v) is 7.94. The molecule has 2 N–H and O–H groups in total. The van der Waals surface area contributed by atoms with E-state index in [2.05, 4.69) is 35.1 Å². The lowest BCUT2D eigenvalue weighted by atomic mass is 9.71. The van der Waals surface area contributed by atoms with Gasteiger partial charge in [0, 0.05) is 11.0 Å². The zero-order chi connectivity index (χ0) is 14.1. The summed E-state index contributed by atoms with van der Waals surface area (Å²) >= 11 is 4.75. The van der Waals surface area contributed by atoms with Crippen LogP contribution in [0.2, 0.25) is 0 Å². The first-order chi connectivity index (χ1) is 8.81. The largest absolute Gasteiger partial charge is 0.388 e. The second kappa shape index (κ2) is 5.54. The van der Waals surface area contributed by atoms with Crippen LogP contribution in [0.4, 0.5) is 0 Å². The number of rotatable bonds is 3. The van der Waals surface area contributed by atoms with E-state index >= 15 is 0 Å². The van der Waals surface area contributed by atoms with E-state index in [0.717, 1.165) is 30.2 Å². The molecule has 0 aliphatic heterocycles. The van der Waals surface area contributed by atoms with Crippen LogP contribution in [0.15, 0.2) is 15.9 Å². The van der Waals surface area contributed by atoms with Crippen molar-refractivity contribution in [2.24, 2.45) is 5.41 Å². The Kier molecular flexibility index (Phi) is 4.38. The summed E-state index contributed by atoms with van der Waals surface area (Å²) in [5.74, 6) is -0.111. The molecule has 3 nitrogen and oxygen atoms in total. The van der Waals surface area contributed by atoms with Crippen molar-refractivity contribution in [2.75, 3.05) is 6.54 Å². The van der Waals surface area contributed by atoms with Crippen LogP contribution in [-0.2, 0) is 0 Å². The minimum absolute atomic E-state index is 0.111. The molecule has 1 aromatic rings. The van der Waals surface area contributed by atoms with Crippen molar-refractivity contribution in [1.29, 1.82) is 0 Å². The Morgan fingerprint density at radius 3 is 2.58 bits per heavy atom. The fraction of sp³-hybridized carbons (Fsp3) is 0.643. The highest BCUT2D eigenvalue weighted by atomic mass is 79.9. The van der Waals surface area contributed by atoms with E-state index in [0.29, 0.717) is 16.8 Å². The van der Waals surface area contributed by atoms with Gasteiger partial charge in [0.05, 0.1) is 5.60 Å². The van der Waals surface area contributed by atoms with Gasteiger partial charge in [0.25, 0.3) is 5.91 Å². The molecular formula is C14H20BrNO2S. The van der Waals surface area contributed by atoms with Crippen LogP contribution in [0.3, 0.4) is 0 Å². The van der Waals surface area contributed by atoms with Crippen LogP contribution in [-0.4, -0.2) is 23.2 Å². The van der Waals surface area contributed by atoms with Crippen LogP contribution in [0, 0.1) is 5.41 Å². The lowest BCUT2D eigenvalue weighted by Crippen LogP contribution is -2.46. The average molecular weight is 346 g/mol. The van der Waals surface area contributed by atoms with Gasteiger partial charge in [-0.25, -0.2) is 0 Å². The Labute approximate surface area is 126 Å². The molecule has 1 amide bonds. The third-order valence-corrected chi connectivity index (χ3v) is 5.77. The maximum Gasteiger partial charge on any atom is 0.262 e. The molecule has 0 bridgehead atoms. The Morgan fingerprint density at radius 1 is 1.42 bits per heavy atom. The summed E-state index contributed by atoms with van der Waals surface area (Å²) in [5.41, 5.74) is -0.429. The van der Waals surface area contributed by atoms with E-state index in [-0.39, 0.29) is 5.91 Å². The first kappa shape index (κ1) is 15.0. The first-order valence-corrected chi connectivity index (χ1v) is 8.22. The molecule has 106 valence electrons. The van der Waals surface area contributed by atoms with Crippen molar-refractivity contribution in [3.63, 3.8) is 0 Å². The predicted molar refractivity (Wildman–Crippen MR) is 81.6 cm³/mol. The summed E-state index contributed by atoms with van der Waals surface area (Å²) in [6.07, 6.45) is 3.52. The number of hydrogen-bond acceptors (Lipinski definition) is 3. The lowest BCUT2D eigenvalue weighted by molar-refractivity contribution is -0.0232. The first-order valence-electron chi connectivity index (χ1n) is 6.55. The van der Waals surface area contributed by atoms with Crippen LogP contribution in [0.25, 0.3) is 0 Å². The highest BCUT2D eigenvalue weighted by Crippen LogP contribution is 2.39. The Morgan fingerprint density at radius 2 is 2.05 bits per heavy atom. The predicted octanol–water partition coefficient (Wildman–Crippen LogP) is 3.57. The molecule has 0 aromatic carbocycles. The molecule has 19 heavy (non-hydrogen) atoms. The van der Waals surface area contributed by atoms with Gasteiger partial charge in [-0.2, -0.15) is 0 Å². The van der Waals surface area contributed by atoms with Crippen molar-refractivity contribution >= 4 is 33.2 Å². The minimum atomic E-state index is -0.741. The average Bonchev–Trinajstić information content (AvgIpc) is 2.77. The summed E-state index contributed by atoms with van der Waals surface area (Å²) in [5, 5.41) is 15.2. The van der Waals surface area contributed by atoms with Crippen LogP contribution < -0.4 is 5.32 Å². The number of thiophene rings is 1. The van der Waals surface area contributed by atoms with Gasteiger partial charge in [-0.1, -0.05) is 13.8 Å². The standard InChI is InChI=1S/C14H20BrNO2S/c1-13(2)4-6-14(18,7-5-13)9-16-12(17)11-10(15)3-8-19-11/h3,8,18H,4-7,9H2,1-2H3,(H,16,17). The van der Waals surface area contributed by atoms with Crippen molar-refractivity contribution in [2.45, 2.75) is 45.1 Å². The zero-order valence-corrected chi connectivity index (χ0v) is 13.7. The van der Waals surface area contributed by atoms with Gasteiger partial charge in [0.15, 0.2) is 0 Å². The fourth-order valence-corrected chi connectivity index (χ4v) is 3.82. The number of nitrogens with one attached hydrogen (secondary N) is 1. The van der Waals surface area contributed by atoms with Crippen molar-refractivity contribution in [1.82, 2.24) is 5.32 Å². The van der Waals surface area contributed by atoms with Crippen molar-refractivity contribution in [3.8, 4) is 0 Å². The van der Waals surface area contributed by atoms with Gasteiger partial charge in [-0.3, -0.25) is 4.79 Å². The molecule has 1 fully saturated rings. The highest BCUT2D eigenvalue weighted by Gasteiger charge is 2.36. The van der Waals surface area contributed by atoms with E-state index in [1.807, 2.05) is 11.4 Å². The third kappa shape index (κ3) is 3.80. The molecule has 1 saturated carbocycles. The number of hydrogen-bond donors (Lipinski definition) is 2. The lowest BCUT2D eigenvalue weighted by Gasteiger charge is -2.40. The Bertz CT molecular complexity index is 460. The van der Waals surface area contributed by atoms with Gasteiger partial charge in [-0.15, -0.1) is 11.3 Å². The van der Waals surface area contributed by atoms with E-state index in [1.54, 1.807) is 0 Å². The van der Waals surface area contributed by atoms with E-state index in [4.69, 9.17) is 0 Å². The molecule has 0 unspecified atom stereocenters. The smallest absolute Gasteiger partial charge is 0.262 e. The second-order valence-electron chi connectivity index (χ2n) is 6.17. The highest BCUT2D eigenvalue weighted by molar-refractivity contribution is 9.10. The summed E-state index contributed by atoms with van der Waals surface area (Å²) in [6.45, 7) is 4.80. The maximum absolute atomic E-state index is 12.0. The SMILES string of the molecule is CC1(C)CCC(O)(CNC(=O)c2sccc2Br)CC1. The van der Waals surface area contributed by atoms with Gasteiger partial charge in [0.2, 0.25) is 0 Å². The molecule has 0 radical (unpaired) electrons. The van der Waals surface area contributed by atoms with Gasteiger partial charge >= 0.3 is 0 Å². The molecule has 5 heteroatoms. The number of carbonyl (C=O) groups excluding carboxylic acids is 1. The fourth-order valence-electron chi connectivity index (χ4n) is 2.35. The van der Waals surface area contributed by atoms with Crippen LogP contribution in [0.1, 0.15) is 49.2 Å². The number of amides is 1. The summed E-state index contributed by atoms with van der Waals surface area (Å²) < 4.78 is 0.812.